The zero-order valence-electron chi connectivity index (χ0n) is 12.7. The summed E-state index contributed by atoms with van der Waals surface area (Å²) in [6.45, 7) is 4.94. The second-order valence-electron chi connectivity index (χ2n) is 4.30. The highest BCUT2D eigenvalue weighted by Gasteiger charge is 2.24. The number of sulfonamides is 1. The van der Waals surface area contributed by atoms with Crippen LogP contribution in [0.25, 0.3) is 0 Å². The Morgan fingerprint density at radius 3 is 2.14 bits per heavy atom. The Morgan fingerprint density at radius 1 is 1.19 bits per heavy atom. The molecule has 0 amide bonds. The Labute approximate surface area is 132 Å². The van der Waals surface area contributed by atoms with Gasteiger partial charge in [-0.3, -0.25) is 0 Å². The van der Waals surface area contributed by atoms with Gasteiger partial charge in [0.2, 0.25) is 10.0 Å². The van der Waals surface area contributed by atoms with Gasteiger partial charge in [-0.05, 0) is 25.6 Å². The van der Waals surface area contributed by atoms with Crippen molar-refractivity contribution in [2.24, 2.45) is 0 Å². The van der Waals surface area contributed by atoms with E-state index in [1.54, 1.807) is 18.2 Å². The minimum atomic E-state index is -3.70. The average Bonchev–Trinajstić information content (AvgIpc) is 2.44. The van der Waals surface area contributed by atoms with Gasteiger partial charge in [0.05, 0.1) is 14.2 Å². The van der Waals surface area contributed by atoms with Gasteiger partial charge < -0.3 is 14.8 Å². The number of hydrogen-bond donors (Lipinski definition) is 2. The molecular formula is C13H23ClN2O4S. The Bertz CT molecular complexity index is 515. The predicted molar refractivity (Wildman–Crippen MR) is 85.1 cm³/mol. The van der Waals surface area contributed by atoms with Crippen molar-refractivity contribution in [1.29, 1.82) is 0 Å². The molecule has 1 aromatic rings. The molecule has 0 heterocycles. The van der Waals surface area contributed by atoms with Crippen LogP contribution in [-0.4, -0.2) is 41.8 Å². The van der Waals surface area contributed by atoms with E-state index in [0.29, 0.717) is 0 Å². The number of methoxy groups -OCH3 is 2. The van der Waals surface area contributed by atoms with Gasteiger partial charge >= 0.3 is 0 Å². The second kappa shape index (κ2) is 9.09. The van der Waals surface area contributed by atoms with Gasteiger partial charge in [-0.25, -0.2) is 13.1 Å². The highest BCUT2D eigenvalue weighted by atomic mass is 35.5. The maximum atomic E-state index is 12.4. The van der Waals surface area contributed by atoms with Crippen LogP contribution in [0.2, 0.25) is 0 Å². The summed E-state index contributed by atoms with van der Waals surface area (Å²) in [5, 5.41) is 3.14. The van der Waals surface area contributed by atoms with Crippen LogP contribution in [0, 0.1) is 0 Å². The van der Waals surface area contributed by atoms with E-state index in [-0.39, 0.29) is 41.4 Å². The molecule has 0 unspecified atom stereocenters. The quantitative estimate of drug-likeness (QED) is 0.749. The number of halogens is 1. The van der Waals surface area contributed by atoms with Crippen molar-refractivity contribution in [3.8, 4) is 11.5 Å². The lowest BCUT2D eigenvalue weighted by Gasteiger charge is -2.16. The maximum Gasteiger partial charge on any atom is 0.248 e. The van der Waals surface area contributed by atoms with Crippen molar-refractivity contribution in [1.82, 2.24) is 10.0 Å². The van der Waals surface area contributed by atoms with Crippen LogP contribution in [0.1, 0.15) is 13.8 Å². The summed E-state index contributed by atoms with van der Waals surface area (Å²) in [6.07, 6.45) is 0. The largest absolute Gasteiger partial charge is 0.495 e. The molecule has 0 aromatic heterocycles. The molecule has 8 heteroatoms. The van der Waals surface area contributed by atoms with Gasteiger partial charge in [0, 0.05) is 12.6 Å². The lowest BCUT2D eigenvalue weighted by molar-refractivity contribution is 0.372. The van der Waals surface area contributed by atoms with Crippen molar-refractivity contribution in [2.45, 2.75) is 24.8 Å². The lowest BCUT2D eigenvalue weighted by Crippen LogP contribution is -2.38. The smallest absolute Gasteiger partial charge is 0.248 e. The first-order valence-electron chi connectivity index (χ1n) is 6.40. The highest BCUT2D eigenvalue weighted by Crippen LogP contribution is 2.32. The molecule has 0 aliphatic heterocycles. The van der Waals surface area contributed by atoms with Crippen LogP contribution in [-0.2, 0) is 10.0 Å². The summed E-state index contributed by atoms with van der Waals surface area (Å²) in [6, 6.07) is 4.89. The van der Waals surface area contributed by atoms with E-state index in [0.717, 1.165) is 6.54 Å². The van der Waals surface area contributed by atoms with Crippen molar-refractivity contribution in [3.05, 3.63) is 18.2 Å². The molecule has 0 spiro atoms. The molecule has 0 saturated heterocycles. The number of nitrogens with one attached hydrogen (secondary N) is 2. The van der Waals surface area contributed by atoms with Crippen LogP contribution < -0.4 is 19.5 Å². The van der Waals surface area contributed by atoms with E-state index in [1.165, 1.54) is 14.2 Å². The zero-order valence-corrected chi connectivity index (χ0v) is 14.3. The van der Waals surface area contributed by atoms with Gasteiger partial charge in [0.1, 0.15) is 11.5 Å². The molecule has 21 heavy (non-hydrogen) atoms. The summed E-state index contributed by atoms with van der Waals surface area (Å²) in [5.74, 6) is 0.515. The first-order valence-corrected chi connectivity index (χ1v) is 7.88. The summed E-state index contributed by atoms with van der Waals surface area (Å²) < 4.78 is 37.6. The van der Waals surface area contributed by atoms with E-state index in [1.807, 2.05) is 13.8 Å². The van der Waals surface area contributed by atoms with E-state index in [2.05, 4.69) is 10.0 Å². The molecule has 0 radical (unpaired) electrons. The standard InChI is InChI=1S/C13H22N2O4S.ClH/c1-5-14-10(2)9-15-20(16,17)13-11(18-3)7-6-8-12(13)19-4;/h6-8,10,14-15H,5,9H2,1-4H3;1H/t10-;/m1./s1. The normalized spacial score (nSPS) is 12.4. The number of ether oxygens (including phenoxy) is 2. The minimum Gasteiger partial charge on any atom is -0.495 e. The predicted octanol–water partition coefficient (Wildman–Crippen LogP) is 1.40. The molecule has 122 valence electrons. The fourth-order valence-electron chi connectivity index (χ4n) is 1.81. The number of benzene rings is 1. The fourth-order valence-corrected chi connectivity index (χ4v) is 3.26. The number of hydrogen-bond acceptors (Lipinski definition) is 5. The van der Waals surface area contributed by atoms with Crippen LogP contribution in [0.15, 0.2) is 23.1 Å². The van der Waals surface area contributed by atoms with Crippen LogP contribution >= 0.6 is 12.4 Å². The van der Waals surface area contributed by atoms with Gasteiger partial charge in [0.15, 0.2) is 4.90 Å². The molecule has 1 rings (SSSR count). The van der Waals surface area contributed by atoms with Gasteiger partial charge in [0.25, 0.3) is 0 Å². The van der Waals surface area contributed by atoms with Crippen LogP contribution in [0.5, 0.6) is 11.5 Å². The Balaban J connectivity index is 0.00000400. The third-order valence-electron chi connectivity index (χ3n) is 2.78. The van der Waals surface area contributed by atoms with E-state index < -0.39 is 10.0 Å². The van der Waals surface area contributed by atoms with Crippen molar-refractivity contribution >= 4 is 22.4 Å². The lowest BCUT2D eigenvalue weighted by atomic mass is 10.3. The molecule has 0 fully saturated rings. The summed E-state index contributed by atoms with van der Waals surface area (Å²) in [5.41, 5.74) is 0. The summed E-state index contributed by atoms with van der Waals surface area (Å²) in [7, 11) is -0.848. The third kappa shape index (κ3) is 5.35. The molecule has 0 saturated carbocycles. The SMILES string of the molecule is CCN[C@H](C)CNS(=O)(=O)c1c(OC)cccc1OC.Cl. The third-order valence-corrected chi connectivity index (χ3v) is 4.27. The Hall–Kier alpha value is -1.02. The van der Waals surface area contributed by atoms with Crippen molar-refractivity contribution in [2.75, 3.05) is 27.3 Å². The highest BCUT2D eigenvalue weighted by molar-refractivity contribution is 7.89. The zero-order chi connectivity index (χ0) is 15.2. The molecule has 0 aliphatic rings. The molecule has 6 nitrogen and oxygen atoms in total. The van der Waals surface area contributed by atoms with Crippen LogP contribution in [0.4, 0.5) is 0 Å². The fraction of sp³-hybridized carbons (Fsp3) is 0.538. The van der Waals surface area contributed by atoms with E-state index in [4.69, 9.17) is 9.47 Å². The molecule has 0 bridgehead atoms. The second-order valence-corrected chi connectivity index (χ2v) is 6.01. The molecule has 1 aromatic carbocycles. The Morgan fingerprint density at radius 2 is 1.71 bits per heavy atom. The molecule has 0 aliphatic carbocycles. The van der Waals surface area contributed by atoms with Gasteiger partial charge in [-0.15, -0.1) is 12.4 Å². The monoisotopic (exact) mass is 338 g/mol. The van der Waals surface area contributed by atoms with E-state index >= 15 is 0 Å². The first-order chi connectivity index (χ1) is 9.46. The van der Waals surface area contributed by atoms with Crippen LogP contribution in [0.3, 0.4) is 0 Å². The van der Waals surface area contributed by atoms with Crippen molar-refractivity contribution in [3.63, 3.8) is 0 Å². The molecular weight excluding hydrogens is 316 g/mol. The number of rotatable bonds is 8. The van der Waals surface area contributed by atoms with E-state index in [9.17, 15) is 8.42 Å². The maximum absolute atomic E-state index is 12.4. The minimum absolute atomic E-state index is 0. The summed E-state index contributed by atoms with van der Waals surface area (Å²) >= 11 is 0. The topological polar surface area (TPSA) is 76.7 Å². The average molecular weight is 339 g/mol. The van der Waals surface area contributed by atoms with Crippen molar-refractivity contribution < 1.29 is 17.9 Å². The van der Waals surface area contributed by atoms with Gasteiger partial charge in [-0.1, -0.05) is 13.0 Å². The Kier molecular flexibility index (Phi) is 8.65. The first kappa shape index (κ1) is 20.0. The molecule has 1 atom stereocenters. The van der Waals surface area contributed by atoms with Gasteiger partial charge in [-0.2, -0.15) is 0 Å². The summed E-state index contributed by atoms with van der Waals surface area (Å²) in [4.78, 5) is 0.0219. The molecule has 2 N–H and O–H groups in total. The number of likely N-dealkylation sites (N-methyl/N-ethyl adjacent to an activating group) is 1.